The van der Waals surface area contributed by atoms with Gasteiger partial charge in [0.25, 0.3) is 0 Å². The van der Waals surface area contributed by atoms with E-state index in [1.54, 1.807) is 0 Å². The van der Waals surface area contributed by atoms with Crippen molar-refractivity contribution in [1.29, 1.82) is 0 Å². The minimum Gasteiger partial charge on any atom is -0.337 e. The van der Waals surface area contributed by atoms with Crippen LogP contribution >= 0.6 is 0 Å². The monoisotopic (exact) mass is 196 g/mol. The topological polar surface area (TPSA) is 32.3 Å². The van der Waals surface area contributed by atoms with Gasteiger partial charge in [-0.3, -0.25) is 0 Å². The van der Waals surface area contributed by atoms with Crippen LogP contribution < -0.4 is 5.32 Å². The summed E-state index contributed by atoms with van der Waals surface area (Å²) < 4.78 is 0. The zero-order valence-electron chi connectivity index (χ0n) is 9.34. The molecule has 2 rings (SSSR count). The summed E-state index contributed by atoms with van der Waals surface area (Å²) in [5.74, 6) is 0.837. The van der Waals surface area contributed by atoms with E-state index in [-0.39, 0.29) is 6.03 Å². The summed E-state index contributed by atoms with van der Waals surface area (Å²) in [7, 11) is 0. The summed E-state index contributed by atoms with van der Waals surface area (Å²) >= 11 is 0. The van der Waals surface area contributed by atoms with Crippen molar-refractivity contribution in [2.24, 2.45) is 11.3 Å². The molecule has 14 heavy (non-hydrogen) atoms. The molecule has 0 bridgehead atoms. The van der Waals surface area contributed by atoms with Crippen LogP contribution in [0.3, 0.4) is 0 Å². The van der Waals surface area contributed by atoms with Gasteiger partial charge >= 0.3 is 6.03 Å². The third kappa shape index (κ3) is 1.60. The minimum atomic E-state index is 0.109. The number of amides is 2. The van der Waals surface area contributed by atoms with Gasteiger partial charge in [0.15, 0.2) is 0 Å². The number of hydrogen-bond donors (Lipinski definition) is 1. The highest BCUT2D eigenvalue weighted by Gasteiger charge is 2.46. The number of urea groups is 1. The summed E-state index contributed by atoms with van der Waals surface area (Å²) in [5.41, 5.74) is 0.318. The molecule has 2 amide bonds. The Morgan fingerprint density at radius 2 is 2.14 bits per heavy atom. The molecule has 1 aliphatic heterocycles. The Bertz CT molecular complexity index is 248. The van der Waals surface area contributed by atoms with Crippen molar-refractivity contribution in [3.05, 3.63) is 0 Å². The fourth-order valence-electron chi connectivity index (χ4n) is 2.37. The molecule has 1 saturated heterocycles. The lowest BCUT2D eigenvalue weighted by molar-refractivity contribution is 0.0974. The predicted molar refractivity (Wildman–Crippen MR) is 56.1 cm³/mol. The standard InChI is InChI=1S/C11H20N2O/c1-8(2)13-7-11(3,9-4-5-9)6-12-10(13)14/h8-9H,4-7H2,1-3H3,(H,12,14). The Balaban J connectivity index is 2.07. The lowest BCUT2D eigenvalue weighted by Gasteiger charge is -2.43. The van der Waals surface area contributed by atoms with E-state index in [0.29, 0.717) is 11.5 Å². The smallest absolute Gasteiger partial charge is 0.317 e. The van der Waals surface area contributed by atoms with Gasteiger partial charge in [-0.1, -0.05) is 6.92 Å². The lowest BCUT2D eigenvalue weighted by atomic mass is 9.82. The van der Waals surface area contributed by atoms with Gasteiger partial charge in [0.05, 0.1) is 0 Å². The molecule has 2 fully saturated rings. The molecule has 0 aromatic carbocycles. The summed E-state index contributed by atoms with van der Waals surface area (Å²) in [6.07, 6.45) is 2.69. The van der Waals surface area contributed by atoms with Crippen molar-refractivity contribution >= 4 is 6.03 Å². The molecular weight excluding hydrogens is 176 g/mol. The average molecular weight is 196 g/mol. The first-order valence-corrected chi connectivity index (χ1v) is 5.57. The predicted octanol–water partition coefficient (Wildman–Crippen LogP) is 1.84. The van der Waals surface area contributed by atoms with Crippen molar-refractivity contribution in [2.45, 2.75) is 39.7 Å². The molecule has 1 atom stereocenters. The molecule has 1 N–H and O–H groups in total. The second-order valence-corrected chi connectivity index (χ2v) is 5.31. The molecule has 0 aromatic heterocycles. The normalized spacial score (nSPS) is 33.4. The highest BCUT2D eigenvalue weighted by atomic mass is 16.2. The van der Waals surface area contributed by atoms with Gasteiger partial charge < -0.3 is 10.2 Å². The number of carbonyl (C=O) groups excluding carboxylic acids is 1. The highest BCUT2D eigenvalue weighted by Crippen LogP contribution is 2.46. The van der Waals surface area contributed by atoms with Crippen LogP contribution in [0.1, 0.15) is 33.6 Å². The van der Waals surface area contributed by atoms with Crippen molar-refractivity contribution in [1.82, 2.24) is 10.2 Å². The van der Waals surface area contributed by atoms with Crippen LogP contribution in [0.25, 0.3) is 0 Å². The molecule has 3 nitrogen and oxygen atoms in total. The Labute approximate surface area is 85.8 Å². The molecule has 0 radical (unpaired) electrons. The minimum absolute atomic E-state index is 0.109. The second-order valence-electron chi connectivity index (χ2n) is 5.31. The van der Waals surface area contributed by atoms with Gasteiger partial charge in [-0.15, -0.1) is 0 Å². The molecular formula is C11H20N2O. The summed E-state index contributed by atoms with van der Waals surface area (Å²) in [4.78, 5) is 13.5. The quantitative estimate of drug-likeness (QED) is 0.718. The van der Waals surface area contributed by atoms with Crippen LogP contribution in [-0.4, -0.2) is 30.1 Å². The Hall–Kier alpha value is -0.730. The third-order valence-electron chi connectivity index (χ3n) is 3.62. The molecule has 3 heteroatoms. The SMILES string of the molecule is CC(C)N1CC(C)(C2CC2)CNC1=O. The van der Waals surface area contributed by atoms with Gasteiger partial charge in [0.1, 0.15) is 0 Å². The van der Waals surface area contributed by atoms with E-state index in [4.69, 9.17) is 0 Å². The lowest BCUT2D eigenvalue weighted by Crippen LogP contribution is -2.58. The largest absolute Gasteiger partial charge is 0.337 e. The van der Waals surface area contributed by atoms with E-state index < -0.39 is 0 Å². The molecule has 1 saturated carbocycles. The van der Waals surface area contributed by atoms with Crippen molar-refractivity contribution in [2.75, 3.05) is 13.1 Å². The number of hydrogen-bond acceptors (Lipinski definition) is 1. The number of nitrogens with zero attached hydrogens (tertiary/aromatic N) is 1. The first-order chi connectivity index (χ1) is 6.53. The number of rotatable bonds is 2. The maximum absolute atomic E-state index is 11.6. The Morgan fingerprint density at radius 1 is 1.50 bits per heavy atom. The third-order valence-corrected chi connectivity index (χ3v) is 3.62. The van der Waals surface area contributed by atoms with Gasteiger partial charge in [0.2, 0.25) is 0 Å². The van der Waals surface area contributed by atoms with Crippen molar-refractivity contribution < 1.29 is 4.79 Å². The molecule has 1 aliphatic carbocycles. The van der Waals surface area contributed by atoms with E-state index in [1.165, 1.54) is 12.8 Å². The molecule has 1 heterocycles. The highest BCUT2D eigenvalue weighted by molar-refractivity contribution is 5.75. The van der Waals surface area contributed by atoms with E-state index in [0.717, 1.165) is 19.0 Å². The van der Waals surface area contributed by atoms with Crippen molar-refractivity contribution in [3.8, 4) is 0 Å². The number of carbonyl (C=O) groups is 1. The molecule has 2 aliphatic rings. The summed E-state index contributed by atoms with van der Waals surface area (Å²) in [5, 5.41) is 3.01. The summed E-state index contributed by atoms with van der Waals surface area (Å²) in [6.45, 7) is 8.26. The Kier molecular flexibility index (Phi) is 2.20. The number of nitrogens with one attached hydrogen (secondary N) is 1. The van der Waals surface area contributed by atoms with Crippen LogP contribution in [0.2, 0.25) is 0 Å². The van der Waals surface area contributed by atoms with E-state index >= 15 is 0 Å². The van der Waals surface area contributed by atoms with Crippen LogP contribution in [0, 0.1) is 11.3 Å². The van der Waals surface area contributed by atoms with Crippen LogP contribution in [0.15, 0.2) is 0 Å². The molecule has 80 valence electrons. The van der Waals surface area contributed by atoms with Crippen LogP contribution in [0.4, 0.5) is 4.79 Å². The average Bonchev–Trinajstić information content (AvgIpc) is 2.92. The summed E-state index contributed by atoms with van der Waals surface area (Å²) in [6, 6.07) is 0.423. The van der Waals surface area contributed by atoms with E-state index in [1.807, 2.05) is 4.90 Å². The zero-order valence-corrected chi connectivity index (χ0v) is 9.34. The fraction of sp³-hybridized carbons (Fsp3) is 0.909. The van der Waals surface area contributed by atoms with Gasteiger partial charge in [-0.2, -0.15) is 0 Å². The van der Waals surface area contributed by atoms with E-state index in [9.17, 15) is 4.79 Å². The first kappa shape index (κ1) is 9.81. The maximum atomic E-state index is 11.6. The maximum Gasteiger partial charge on any atom is 0.317 e. The van der Waals surface area contributed by atoms with Gasteiger partial charge in [-0.05, 0) is 32.6 Å². The zero-order chi connectivity index (χ0) is 10.3. The van der Waals surface area contributed by atoms with Crippen LogP contribution in [-0.2, 0) is 0 Å². The van der Waals surface area contributed by atoms with Gasteiger partial charge in [-0.25, -0.2) is 4.79 Å². The molecule has 1 unspecified atom stereocenters. The molecule has 0 aromatic rings. The van der Waals surface area contributed by atoms with Crippen LogP contribution in [0.5, 0.6) is 0 Å². The molecule has 0 spiro atoms. The Morgan fingerprint density at radius 3 is 2.64 bits per heavy atom. The van der Waals surface area contributed by atoms with Crippen molar-refractivity contribution in [3.63, 3.8) is 0 Å². The first-order valence-electron chi connectivity index (χ1n) is 5.57. The second kappa shape index (κ2) is 3.14. The van der Waals surface area contributed by atoms with E-state index in [2.05, 4.69) is 26.1 Å². The fourth-order valence-corrected chi connectivity index (χ4v) is 2.37. The van der Waals surface area contributed by atoms with Gasteiger partial charge in [0, 0.05) is 24.5 Å².